The third kappa shape index (κ3) is 3.68. The van der Waals surface area contributed by atoms with E-state index in [0.717, 1.165) is 22.4 Å². The molecule has 1 aromatic heterocycles. The molecule has 1 atom stereocenters. The van der Waals surface area contributed by atoms with Gasteiger partial charge in [-0.3, -0.25) is 14.8 Å². The predicted molar refractivity (Wildman–Crippen MR) is 127 cm³/mol. The number of hydrogen-bond donors (Lipinski definition) is 1. The van der Waals surface area contributed by atoms with Crippen molar-refractivity contribution in [3.05, 3.63) is 106 Å². The first-order valence-electron chi connectivity index (χ1n) is 10.6. The van der Waals surface area contributed by atoms with Gasteiger partial charge in [0.2, 0.25) is 0 Å². The highest BCUT2D eigenvalue weighted by Gasteiger charge is 2.43. The maximum absolute atomic E-state index is 13.6. The molecule has 6 nitrogen and oxygen atoms in total. The second-order valence-corrected chi connectivity index (χ2v) is 8.06. The predicted octanol–water partition coefficient (Wildman–Crippen LogP) is 5.66. The third-order valence-corrected chi connectivity index (χ3v) is 5.91. The number of carbonyl (C=O) groups excluding carboxylic acids is 2. The fourth-order valence-electron chi connectivity index (χ4n) is 4.16. The molecule has 0 bridgehead atoms. The van der Waals surface area contributed by atoms with Gasteiger partial charge in [-0.1, -0.05) is 54.1 Å². The van der Waals surface area contributed by atoms with E-state index in [-0.39, 0.29) is 5.91 Å². The molecule has 1 amide bonds. The lowest BCUT2D eigenvalue weighted by molar-refractivity contribution is 0.0526. The Hall–Kier alpha value is -3.90. The Morgan fingerprint density at radius 1 is 1.03 bits per heavy atom. The van der Waals surface area contributed by atoms with E-state index in [4.69, 9.17) is 16.3 Å². The van der Waals surface area contributed by atoms with Gasteiger partial charge in [0.05, 0.1) is 23.9 Å². The van der Waals surface area contributed by atoms with E-state index in [1.54, 1.807) is 36.1 Å². The first-order chi connectivity index (χ1) is 16.1. The molecule has 0 aliphatic carbocycles. The van der Waals surface area contributed by atoms with Crippen LogP contribution in [0.2, 0.25) is 5.02 Å². The number of halogens is 1. The number of benzene rings is 3. The van der Waals surface area contributed by atoms with Crippen molar-refractivity contribution >= 4 is 29.2 Å². The van der Waals surface area contributed by atoms with Crippen molar-refractivity contribution in [1.29, 1.82) is 0 Å². The van der Waals surface area contributed by atoms with Crippen molar-refractivity contribution in [1.82, 2.24) is 10.2 Å². The summed E-state index contributed by atoms with van der Waals surface area (Å²) in [5.74, 6) is -0.588. The van der Waals surface area contributed by atoms with Crippen molar-refractivity contribution in [3.8, 4) is 11.3 Å². The number of nitrogens with zero attached hydrogens (tertiary/aromatic N) is 2. The molecule has 33 heavy (non-hydrogen) atoms. The van der Waals surface area contributed by atoms with Crippen LogP contribution in [-0.2, 0) is 4.74 Å². The van der Waals surface area contributed by atoms with E-state index in [0.29, 0.717) is 28.6 Å². The summed E-state index contributed by atoms with van der Waals surface area (Å²) >= 11 is 6.14. The van der Waals surface area contributed by atoms with Gasteiger partial charge >= 0.3 is 5.97 Å². The molecule has 0 unspecified atom stereocenters. The topological polar surface area (TPSA) is 75.3 Å². The highest BCUT2D eigenvalue weighted by molar-refractivity contribution is 6.30. The molecule has 0 saturated carbocycles. The standard InChI is InChI=1S/C26H20ClN3O3/c1-2-33-26(32)18-10-14-20(15-11-18)30-24(17-8-12-19(27)13-9-17)21-22(16-6-4-3-5-7-16)28-29-23(21)25(30)31/h3-15,24H,2H2,1H3,(H,28,29)/t24-/m1/s1. The number of ether oxygens (including phenoxy) is 1. The van der Waals surface area contributed by atoms with Crippen LogP contribution in [0.15, 0.2) is 78.9 Å². The minimum absolute atomic E-state index is 0.191. The maximum Gasteiger partial charge on any atom is 0.338 e. The van der Waals surface area contributed by atoms with Crippen molar-refractivity contribution in [3.63, 3.8) is 0 Å². The lowest BCUT2D eigenvalue weighted by atomic mass is 9.96. The summed E-state index contributed by atoms with van der Waals surface area (Å²) in [4.78, 5) is 27.3. The molecule has 164 valence electrons. The molecule has 0 fully saturated rings. The number of aromatic amines is 1. The van der Waals surface area contributed by atoms with Gasteiger partial charge in [-0.2, -0.15) is 5.10 Å². The van der Waals surface area contributed by atoms with Crippen LogP contribution in [0.5, 0.6) is 0 Å². The zero-order valence-corrected chi connectivity index (χ0v) is 18.5. The molecular weight excluding hydrogens is 438 g/mol. The Kier molecular flexibility index (Phi) is 5.44. The van der Waals surface area contributed by atoms with Crippen LogP contribution in [0.1, 0.15) is 44.9 Å². The molecule has 1 N–H and O–H groups in total. The number of nitrogens with one attached hydrogen (secondary N) is 1. The molecule has 0 saturated heterocycles. The Morgan fingerprint density at radius 3 is 2.39 bits per heavy atom. The molecule has 2 heterocycles. The van der Waals surface area contributed by atoms with E-state index < -0.39 is 12.0 Å². The summed E-state index contributed by atoms with van der Waals surface area (Å²) in [6.07, 6.45) is 0. The maximum atomic E-state index is 13.6. The summed E-state index contributed by atoms with van der Waals surface area (Å²) in [6, 6.07) is 23.7. The smallest absolute Gasteiger partial charge is 0.338 e. The molecule has 1 aliphatic heterocycles. The zero-order valence-electron chi connectivity index (χ0n) is 17.8. The first kappa shape index (κ1) is 21.0. The molecule has 5 rings (SSSR count). The van der Waals surface area contributed by atoms with Crippen LogP contribution in [0, 0.1) is 0 Å². The van der Waals surface area contributed by atoms with E-state index in [2.05, 4.69) is 10.2 Å². The van der Waals surface area contributed by atoms with Crippen LogP contribution in [0.25, 0.3) is 11.3 Å². The van der Waals surface area contributed by atoms with Crippen molar-refractivity contribution in [2.45, 2.75) is 13.0 Å². The Balaban J connectivity index is 1.63. The molecule has 7 heteroatoms. The highest BCUT2D eigenvalue weighted by atomic mass is 35.5. The molecular formula is C26H20ClN3O3. The number of fused-ring (bicyclic) bond motifs is 1. The average Bonchev–Trinajstić information content (AvgIpc) is 3.39. The summed E-state index contributed by atoms with van der Waals surface area (Å²) < 4.78 is 5.07. The fraction of sp³-hybridized carbons (Fsp3) is 0.115. The van der Waals surface area contributed by atoms with Gasteiger partial charge in [-0.25, -0.2) is 4.79 Å². The Bertz CT molecular complexity index is 1320. The molecule has 4 aromatic rings. The number of rotatable bonds is 5. The van der Waals surface area contributed by atoms with E-state index in [9.17, 15) is 9.59 Å². The first-order valence-corrected chi connectivity index (χ1v) is 11.0. The minimum Gasteiger partial charge on any atom is -0.462 e. The van der Waals surface area contributed by atoms with E-state index in [1.165, 1.54) is 0 Å². The van der Waals surface area contributed by atoms with Gasteiger partial charge in [0.25, 0.3) is 5.91 Å². The van der Waals surface area contributed by atoms with Gasteiger partial charge in [-0.05, 0) is 48.9 Å². The normalized spacial score (nSPS) is 14.9. The third-order valence-electron chi connectivity index (χ3n) is 5.66. The quantitative estimate of drug-likeness (QED) is 0.392. The van der Waals surface area contributed by atoms with Gasteiger partial charge in [0.15, 0.2) is 0 Å². The van der Waals surface area contributed by atoms with Crippen molar-refractivity contribution in [2.75, 3.05) is 11.5 Å². The van der Waals surface area contributed by atoms with Crippen molar-refractivity contribution in [2.24, 2.45) is 0 Å². The summed E-state index contributed by atoms with van der Waals surface area (Å²) in [5, 5.41) is 8.04. The summed E-state index contributed by atoms with van der Waals surface area (Å²) in [6.45, 7) is 2.06. The SMILES string of the molecule is CCOC(=O)c1ccc(N2C(=O)c3[nH]nc(-c4ccccc4)c3[C@H]2c2ccc(Cl)cc2)cc1. The molecule has 1 aliphatic rings. The van der Waals surface area contributed by atoms with Crippen LogP contribution >= 0.6 is 11.6 Å². The fourth-order valence-corrected chi connectivity index (χ4v) is 4.29. The largest absolute Gasteiger partial charge is 0.462 e. The van der Waals surface area contributed by atoms with Gasteiger partial charge in [0, 0.05) is 21.8 Å². The van der Waals surface area contributed by atoms with Crippen LogP contribution in [0.4, 0.5) is 5.69 Å². The van der Waals surface area contributed by atoms with E-state index >= 15 is 0 Å². The second kappa shape index (κ2) is 8.56. The van der Waals surface area contributed by atoms with Crippen molar-refractivity contribution < 1.29 is 14.3 Å². The lowest BCUT2D eigenvalue weighted by Crippen LogP contribution is -2.29. The number of anilines is 1. The molecule has 0 spiro atoms. The van der Waals surface area contributed by atoms with Gasteiger partial charge < -0.3 is 4.74 Å². The highest BCUT2D eigenvalue weighted by Crippen LogP contribution is 2.45. The van der Waals surface area contributed by atoms with E-state index in [1.807, 2.05) is 54.6 Å². The average molecular weight is 458 g/mol. The Morgan fingerprint density at radius 2 is 1.73 bits per heavy atom. The summed E-state index contributed by atoms with van der Waals surface area (Å²) in [5.41, 5.74) is 4.90. The van der Waals surface area contributed by atoms with Gasteiger partial charge in [-0.15, -0.1) is 0 Å². The lowest BCUT2D eigenvalue weighted by Gasteiger charge is -2.26. The van der Waals surface area contributed by atoms with Gasteiger partial charge in [0.1, 0.15) is 5.69 Å². The number of hydrogen-bond acceptors (Lipinski definition) is 4. The molecule has 3 aromatic carbocycles. The second-order valence-electron chi connectivity index (χ2n) is 7.62. The van der Waals surface area contributed by atoms with Crippen LogP contribution in [-0.4, -0.2) is 28.7 Å². The zero-order chi connectivity index (χ0) is 22.9. The number of H-pyrrole nitrogens is 1. The number of aromatic nitrogens is 2. The van der Waals surface area contributed by atoms with Crippen LogP contribution in [0.3, 0.4) is 0 Å². The van der Waals surface area contributed by atoms with Crippen LogP contribution < -0.4 is 4.90 Å². The number of carbonyl (C=O) groups is 2. The summed E-state index contributed by atoms with van der Waals surface area (Å²) in [7, 11) is 0. The number of amides is 1. The Labute approximate surface area is 195 Å². The molecule has 0 radical (unpaired) electrons. The monoisotopic (exact) mass is 457 g/mol. The number of esters is 1. The minimum atomic E-state index is -0.410.